The zero-order valence-corrected chi connectivity index (χ0v) is 48.3. The van der Waals surface area contributed by atoms with Crippen molar-refractivity contribution in [2.75, 3.05) is 13.2 Å². The molecular weight excluding hydrogens is 955 g/mol. The van der Waals surface area contributed by atoms with Crippen LogP contribution in [0.5, 0.6) is 0 Å². The van der Waals surface area contributed by atoms with Crippen LogP contribution in [0.2, 0.25) is 0 Å². The van der Waals surface area contributed by atoms with E-state index in [1.165, 1.54) is 135 Å². The Balaban J connectivity index is 2.66. The maximum Gasteiger partial charge on any atom is 0.306 e. The van der Waals surface area contributed by atoms with E-state index in [4.69, 9.17) is 14.2 Å². The van der Waals surface area contributed by atoms with Crippen LogP contribution >= 0.6 is 0 Å². The second-order valence-corrected chi connectivity index (χ2v) is 21.1. The van der Waals surface area contributed by atoms with Crippen LogP contribution in [-0.4, -0.2) is 99.6 Å². The molecule has 0 aliphatic carbocycles. The molecule has 0 aromatic carbocycles. The number of carbonyl (C=O) groups is 2. The average molecular weight is 1070 g/mol. The number of aliphatic hydroxyl groups excluding tert-OH is 5. The van der Waals surface area contributed by atoms with E-state index in [0.717, 1.165) is 70.6 Å². The molecular formula is C65H113NO10. The monoisotopic (exact) mass is 1070 g/mol. The molecule has 1 fully saturated rings. The fourth-order valence-corrected chi connectivity index (χ4v) is 9.22. The van der Waals surface area contributed by atoms with Crippen molar-refractivity contribution in [3.8, 4) is 0 Å². The van der Waals surface area contributed by atoms with Gasteiger partial charge in [0.15, 0.2) is 12.4 Å². The molecule has 438 valence electrons. The molecule has 0 bridgehead atoms. The zero-order valence-electron chi connectivity index (χ0n) is 48.3. The van der Waals surface area contributed by atoms with Crippen LogP contribution in [0.3, 0.4) is 0 Å². The number of carbonyl (C=O) groups excluding carboxylic acids is 2. The van der Waals surface area contributed by atoms with Gasteiger partial charge in [-0.25, -0.2) is 0 Å². The smallest absolute Gasteiger partial charge is 0.306 e. The van der Waals surface area contributed by atoms with Crippen molar-refractivity contribution < 1.29 is 49.3 Å². The first-order valence-corrected chi connectivity index (χ1v) is 30.9. The van der Waals surface area contributed by atoms with Crippen molar-refractivity contribution in [2.24, 2.45) is 0 Å². The van der Waals surface area contributed by atoms with Crippen LogP contribution in [0, 0.1) is 0 Å². The number of nitrogens with one attached hydrogen (secondary N) is 1. The van der Waals surface area contributed by atoms with E-state index in [9.17, 15) is 35.1 Å². The standard InChI is InChI=1S/C65H113NO10/c1-4-7-10-13-16-19-22-25-26-27-28-29-30-31-32-33-35-37-40-43-46-49-52-58(69)64(73)66-56(57(68)51-48-45-42-39-36-24-21-18-15-12-9-6-3)55-74-65-63(62(72)61(71)59(54-67)75-65)76-60(70)53-50-47-44-41-38-34-23-20-17-14-11-8-5-2/h8,11,14,16-17,19-20,23,25-26,34,38,48,51,56-59,61-63,65,67-69,71-72H,4-7,9-10,12-13,15,18,21-22,24,27-33,35-37,39-47,49-50,52-55H2,1-3H3,(H,66,73)/b11-8+,17-14+,19-16-,23-20-,26-25-,38-34-,51-48+. The van der Waals surface area contributed by atoms with Crippen LogP contribution in [0.4, 0.5) is 0 Å². The third-order valence-electron chi connectivity index (χ3n) is 14.1. The van der Waals surface area contributed by atoms with E-state index in [0.29, 0.717) is 12.8 Å². The Kier molecular flexibility index (Phi) is 49.0. The number of hydrogen-bond acceptors (Lipinski definition) is 10. The van der Waals surface area contributed by atoms with Gasteiger partial charge in [0.1, 0.15) is 24.4 Å². The highest BCUT2D eigenvalue weighted by Gasteiger charge is 2.47. The Labute approximate surface area is 463 Å². The Bertz CT molecular complexity index is 1560. The summed E-state index contributed by atoms with van der Waals surface area (Å²) in [6.07, 6.45) is 57.7. The summed E-state index contributed by atoms with van der Waals surface area (Å²) in [7, 11) is 0. The van der Waals surface area contributed by atoms with Gasteiger partial charge in [0.25, 0.3) is 0 Å². The third kappa shape index (κ3) is 40.1. The number of amides is 1. The van der Waals surface area contributed by atoms with Gasteiger partial charge >= 0.3 is 5.97 Å². The molecule has 0 aromatic rings. The summed E-state index contributed by atoms with van der Waals surface area (Å²) < 4.78 is 17.5. The normalized spacial score (nSPS) is 19.7. The fourth-order valence-electron chi connectivity index (χ4n) is 9.22. The summed E-state index contributed by atoms with van der Waals surface area (Å²) in [6, 6.07) is -1.04. The van der Waals surface area contributed by atoms with Gasteiger partial charge in [-0.05, 0) is 77.0 Å². The molecule has 0 spiro atoms. The maximum absolute atomic E-state index is 13.4. The van der Waals surface area contributed by atoms with E-state index < -0.39 is 67.4 Å². The predicted molar refractivity (Wildman–Crippen MR) is 315 cm³/mol. The summed E-state index contributed by atoms with van der Waals surface area (Å²) in [4.78, 5) is 26.5. The zero-order chi connectivity index (χ0) is 55.4. The van der Waals surface area contributed by atoms with Crippen LogP contribution < -0.4 is 5.32 Å². The van der Waals surface area contributed by atoms with Gasteiger partial charge in [-0.1, -0.05) is 254 Å². The summed E-state index contributed by atoms with van der Waals surface area (Å²) in [5.74, 6) is -1.24. The highest BCUT2D eigenvalue weighted by Crippen LogP contribution is 2.26. The summed E-state index contributed by atoms with van der Waals surface area (Å²) >= 11 is 0. The van der Waals surface area contributed by atoms with E-state index in [1.807, 2.05) is 42.5 Å². The number of ether oxygens (including phenoxy) is 3. The number of aliphatic hydroxyl groups is 5. The maximum atomic E-state index is 13.4. The number of rotatable bonds is 51. The first-order valence-electron chi connectivity index (χ1n) is 30.9. The second kappa shape index (κ2) is 52.5. The lowest BCUT2D eigenvalue weighted by Gasteiger charge is -2.41. The molecule has 8 unspecified atom stereocenters. The summed E-state index contributed by atoms with van der Waals surface area (Å²) in [6.45, 7) is 5.59. The second-order valence-electron chi connectivity index (χ2n) is 21.1. The minimum Gasteiger partial charge on any atom is -0.454 e. The molecule has 1 aliphatic heterocycles. The molecule has 1 aliphatic rings. The number of unbranched alkanes of at least 4 members (excludes halogenated alkanes) is 28. The minimum absolute atomic E-state index is 0.0747. The van der Waals surface area contributed by atoms with Crippen molar-refractivity contribution in [3.05, 3.63) is 85.1 Å². The van der Waals surface area contributed by atoms with Gasteiger partial charge < -0.3 is 45.1 Å². The largest absolute Gasteiger partial charge is 0.454 e. The molecule has 0 saturated carbocycles. The molecule has 76 heavy (non-hydrogen) atoms. The van der Waals surface area contributed by atoms with E-state index >= 15 is 0 Å². The Hall–Kier alpha value is -3.16. The molecule has 6 N–H and O–H groups in total. The highest BCUT2D eigenvalue weighted by molar-refractivity contribution is 5.80. The molecule has 0 aromatic heterocycles. The molecule has 1 rings (SSSR count). The summed E-state index contributed by atoms with van der Waals surface area (Å²) in [5, 5.41) is 56.9. The molecule has 1 saturated heterocycles. The first kappa shape index (κ1) is 70.9. The summed E-state index contributed by atoms with van der Waals surface area (Å²) in [5.41, 5.74) is 0. The van der Waals surface area contributed by atoms with Crippen LogP contribution in [0.25, 0.3) is 0 Å². The van der Waals surface area contributed by atoms with Gasteiger partial charge in [0.2, 0.25) is 5.91 Å². The number of allylic oxidation sites excluding steroid dienone is 13. The lowest BCUT2D eigenvalue weighted by atomic mass is 9.99. The molecule has 0 radical (unpaired) electrons. The quantitative estimate of drug-likeness (QED) is 0.0149. The van der Waals surface area contributed by atoms with Crippen molar-refractivity contribution in [1.29, 1.82) is 0 Å². The van der Waals surface area contributed by atoms with Crippen molar-refractivity contribution >= 4 is 11.9 Å². The van der Waals surface area contributed by atoms with Gasteiger partial charge in [-0.3, -0.25) is 9.59 Å². The lowest BCUT2D eigenvalue weighted by molar-refractivity contribution is -0.305. The third-order valence-corrected chi connectivity index (χ3v) is 14.1. The van der Waals surface area contributed by atoms with Gasteiger partial charge in [-0.2, -0.15) is 0 Å². The topological polar surface area (TPSA) is 175 Å². The minimum atomic E-state index is -1.63. The lowest BCUT2D eigenvalue weighted by Crippen LogP contribution is -2.61. The van der Waals surface area contributed by atoms with Gasteiger partial charge in [-0.15, -0.1) is 0 Å². The van der Waals surface area contributed by atoms with Crippen LogP contribution in [-0.2, 0) is 23.8 Å². The highest BCUT2D eigenvalue weighted by atomic mass is 16.7. The van der Waals surface area contributed by atoms with Gasteiger partial charge in [0, 0.05) is 6.42 Å². The van der Waals surface area contributed by atoms with Crippen molar-refractivity contribution in [3.63, 3.8) is 0 Å². The average Bonchev–Trinajstić information content (AvgIpc) is 3.42. The van der Waals surface area contributed by atoms with Crippen molar-refractivity contribution in [2.45, 2.75) is 301 Å². The van der Waals surface area contributed by atoms with E-state index in [1.54, 1.807) is 6.08 Å². The first-order chi connectivity index (χ1) is 37.2. The SMILES string of the molecule is CC/C=C/C=C/C=C\C=C/CCCCCC(=O)OC1C(OCC(NC(=O)C(O)CCCCCCCCCCCCCC/C=C\C/C=C\CCCCC)C(O)/C=C/CCCCCCCCCCCC)OC(CO)C(O)C1O. The molecule has 1 heterocycles. The Morgan fingerprint density at radius 1 is 0.539 bits per heavy atom. The molecule has 1 amide bonds. The molecule has 8 atom stereocenters. The molecule has 11 heteroatoms. The van der Waals surface area contributed by atoms with E-state index in [-0.39, 0.29) is 19.4 Å². The predicted octanol–water partition coefficient (Wildman–Crippen LogP) is 14.6. The van der Waals surface area contributed by atoms with Gasteiger partial charge in [0.05, 0.1) is 25.4 Å². The van der Waals surface area contributed by atoms with Crippen LogP contribution in [0.1, 0.15) is 252 Å². The van der Waals surface area contributed by atoms with Crippen molar-refractivity contribution in [1.82, 2.24) is 5.32 Å². The van der Waals surface area contributed by atoms with Crippen LogP contribution in [0.15, 0.2) is 85.1 Å². The van der Waals surface area contributed by atoms with E-state index in [2.05, 4.69) is 62.5 Å². The Morgan fingerprint density at radius 2 is 1.00 bits per heavy atom. The number of hydrogen-bond donors (Lipinski definition) is 6. The fraction of sp³-hybridized carbons (Fsp3) is 0.754. The Morgan fingerprint density at radius 3 is 1.55 bits per heavy atom. The number of esters is 1. The molecule has 11 nitrogen and oxygen atoms in total.